The van der Waals surface area contributed by atoms with Crippen LogP contribution in [0.25, 0.3) is 0 Å². The van der Waals surface area contributed by atoms with Gasteiger partial charge in [0.1, 0.15) is 0 Å². The van der Waals surface area contributed by atoms with Crippen LogP contribution in [0.2, 0.25) is 0 Å². The van der Waals surface area contributed by atoms with Crippen molar-refractivity contribution in [2.45, 2.75) is 25.9 Å². The predicted octanol–water partition coefficient (Wildman–Crippen LogP) is -0.458. The van der Waals surface area contributed by atoms with E-state index >= 15 is 0 Å². The van der Waals surface area contributed by atoms with E-state index in [9.17, 15) is 0 Å². The second-order valence-electron chi connectivity index (χ2n) is 2.91. The highest BCUT2D eigenvalue weighted by molar-refractivity contribution is 4.85. The SMILES string of the molecule is CC(C)N1CC(NN)C1. The summed E-state index contributed by atoms with van der Waals surface area (Å²) in [4.78, 5) is 2.38. The van der Waals surface area contributed by atoms with E-state index in [1.165, 1.54) is 0 Å². The van der Waals surface area contributed by atoms with Crippen molar-refractivity contribution < 1.29 is 0 Å². The molecular formula is C6H15N3. The minimum atomic E-state index is 0.535. The van der Waals surface area contributed by atoms with E-state index in [1.54, 1.807) is 0 Å². The summed E-state index contributed by atoms with van der Waals surface area (Å²) in [5.41, 5.74) is 2.74. The van der Waals surface area contributed by atoms with Crippen LogP contribution in [0.5, 0.6) is 0 Å². The number of hydrazine groups is 1. The molecule has 1 aliphatic heterocycles. The molecule has 3 nitrogen and oxygen atoms in total. The summed E-state index contributed by atoms with van der Waals surface area (Å²) in [6.45, 7) is 6.61. The zero-order chi connectivity index (χ0) is 6.85. The molecule has 0 aliphatic carbocycles. The van der Waals surface area contributed by atoms with Gasteiger partial charge in [0.25, 0.3) is 0 Å². The maximum atomic E-state index is 5.22. The first-order valence-electron chi connectivity index (χ1n) is 3.44. The van der Waals surface area contributed by atoms with Crippen molar-refractivity contribution in [1.29, 1.82) is 0 Å². The Morgan fingerprint density at radius 2 is 2.11 bits per heavy atom. The summed E-state index contributed by atoms with van der Waals surface area (Å²) < 4.78 is 0. The van der Waals surface area contributed by atoms with Crippen LogP contribution in [0.15, 0.2) is 0 Å². The minimum absolute atomic E-state index is 0.535. The van der Waals surface area contributed by atoms with Crippen molar-refractivity contribution in [2.24, 2.45) is 5.84 Å². The Labute approximate surface area is 56.2 Å². The molecule has 3 heteroatoms. The van der Waals surface area contributed by atoms with E-state index in [2.05, 4.69) is 24.2 Å². The van der Waals surface area contributed by atoms with E-state index in [4.69, 9.17) is 5.84 Å². The number of likely N-dealkylation sites (tertiary alicyclic amines) is 1. The molecule has 0 atom stereocenters. The Balaban J connectivity index is 2.12. The summed E-state index contributed by atoms with van der Waals surface area (Å²) in [5.74, 6) is 5.22. The minimum Gasteiger partial charge on any atom is -0.298 e. The van der Waals surface area contributed by atoms with E-state index in [0.717, 1.165) is 13.1 Å². The average molecular weight is 129 g/mol. The molecule has 1 heterocycles. The molecule has 0 aromatic rings. The lowest BCUT2D eigenvalue weighted by atomic mass is 10.1. The third-order valence-electron chi connectivity index (χ3n) is 1.88. The average Bonchev–Trinajstić information content (AvgIpc) is 1.61. The summed E-state index contributed by atoms with van der Waals surface area (Å²) >= 11 is 0. The van der Waals surface area contributed by atoms with Crippen molar-refractivity contribution in [3.63, 3.8) is 0 Å². The maximum Gasteiger partial charge on any atom is 0.0465 e. The molecule has 0 saturated carbocycles. The van der Waals surface area contributed by atoms with Crippen molar-refractivity contribution >= 4 is 0 Å². The zero-order valence-electron chi connectivity index (χ0n) is 6.09. The molecular weight excluding hydrogens is 114 g/mol. The van der Waals surface area contributed by atoms with Crippen molar-refractivity contribution in [3.05, 3.63) is 0 Å². The van der Waals surface area contributed by atoms with Gasteiger partial charge in [0.2, 0.25) is 0 Å². The van der Waals surface area contributed by atoms with E-state index < -0.39 is 0 Å². The highest BCUT2D eigenvalue weighted by Crippen LogP contribution is 2.09. The highest BCUT2D eigenvalue weighted by atomic mass is 15.3. The Kier molecular flexibility index (Phi) is 2.05. The van der Waals surface area contributed by atoms with Gasteiger partial charge in [-0.1, -0.05) is 0 Å². The van der Waals surface area contributed by atoms with E-state index in [-0.39, 0.29) is 0 Å². The van der Waals surface area contributed by atoms with Gasteiger partial charge in [-0.15, -0.1) is 0 Å². The van der Waals surface area contributed by atoms with Gasteiger partial charge in [0.05, 0.1) is 0 Å². The Morgan fingerprint density at radius 3 is 2.44 bits per heavy atom. The van der Waals surface area contributed by atoms with E-state index in [0.29, 0.717) is 12.1 Å². The number of hydrogen-bond acceptors (Lipinski definition) is 3. The van der Waals surface area contributed by atoms with Gasteiger partial charge < -0.3 is 0 Å². The van der Waals surface area contributed by atoms with Crippen molar-refractivity contribution in [2.75, 3.05) is 13.1 Å². The standard InChI is InChI=1S/C6H15N3/c1-5(2)9-3-6(4-9)8-7/h5-6,8H,3-4,7H2,1-2H3. The monoisotopic (exact) mass is 129 g/mol. The first-order valence-corrected chi connectivity index (χ1v) is 3.44. The molecule has 0 aromatic heterocycles. The van der Waals surface area contributed by atoms with Crippen LogP contribution in [0.1, 0.15) is 13.8 Å². The summed E-state index contributed by atoms with van der Waals surface area (Å²) in [6, 6.07) is 1.21. The summed E-state index contributed by atoms with van der Waals surface area (Å²) in [6.07, 6.45) is 0. The van der Waals surface area contributed by atoms with Crippen LogP contribution in [-0.2, 0) is 0 Å². The van der Waals surface area contributed by atoms with Crippen LogP contribution in [-0.4, -0.2) is 30.1 Å². The number of rotatable bonds is 2. The third kappa shape index (κ3) is 1.41. The van der Waals surface area contributed by atoms with Gasteiger partial charge in [-0.25, -0.2) is 0 Å². The number of hydrogen-bond donors (Lipinski definition) is 2. The molecule has 0 spiro atoms. The van der Waals surface area contributed by atoms with Gasteiger partial charge in [0.15, 0.2) is 0 Å². The van der Waals surface area contributed by atoms with Crippen LogP contribution in [0.3, 0.4) is 0 Å². The lowest BCUT2D eigenvalue weighted by Crippen LogP contribution is -2.61. The quantitative estimate of drug-likeness (QED) is 0.391. The second kappa shape index (κ2) is 2.64. The van der Waals surface area contributed by atoms with Gasteiger partial charge in [0, 0.05) is 25.2 Å². The molecule has 1 rings (SSSR count). The molecule has 0 amide bonds. The molecule has 0 unspecified atom stereocenters. The van der Waals surface area contributed by atoms with Crippen LogP contribution < -0.4 is 11.3 Å². The zero-order valence-corrected chi connectivity index (χ0v) is 6.09. The third-order valence-corrected chi connectivity index (χ3v) is 1.88. The molecule has 0 bridgehead atoms. The first-order chi connectivity index (χ1) is 4.24. The van der Waals surface area contributed by atoms with Gasteiger partial charge in [-0.05, 0) is 13.8 Å². The predicted molar refractivity (Wildman–Crippen MR) is 37.8 cm³/mol. The summed E-state index contributed by atoms with van der Waals surface area (Å²) in [7, 11) is 0. The molecule has 1 aliphatic rings. The fourth-order valence-corrected chi connectivity index (χ4v) is 1.04. The normalized spacial score (nSPS) is 22.7. The highest BCUT2D eigenvalue weighted by Gasteiger charge is 2.26. The molecule has 1 fully saturated rings. The summed E-state index contributed by atoms with van der Waals surface area (Å²) in [5, 5.41) is 0. The van der Waals surface area contributed by atoms with Gasteiger partial charge >= 0.3 is 0 Å². The molecule has 1 saturated heterocycles. The van der Waals surface area contributed by atoms with Crippen molar-refractivity contribution in [1.82, 2.24) is 10.3 Å². The second-order valence-corrected chi connectivity index (χ2v) is 2.91. The molecule has 9 heavy (non-hydrogen) atoms. The number of nitrogens with zero attached hydrogens (tertiary/aromatic N) is 1. The Morgan fingerprint density at radius 1 is 1.56 bits per heavy atom. The lowest BCUT2D eigenvalue weighted by Gasteiger charge is -2.41. The number of nitrogens with one attached hydrogen (secondary N) is 1. The van der Waals surface area contributed by atoms with Crippen LogP contribution in [0, 0.1) is 0 Å². The molecule has 0 radical (unpaired) electrons. The van der Waals surface area contributed by atoms with Crippen LogP contribution in [0.4, 0.5) is 0 Å². The largest absolute Gasteiger partial charge is 0.298 e. The Bertz CT molecular complexity index is 86.3. The topological polar surface area (TPSA) is 41.3 Å². The smallest absolute Gasteiger partial charge is 0.0465 e. The molecule has 0 aromatic carbocycles. The lowest BCUT2D eigenvalue weighted by molar-refractivity contribution is 0.0925. The van der Waals surface area contributed by atoms with Crippen LogP contribution >= 0.6 is 0 Å². The van der Waals surface area contributed by atoms with E-state index in [1.807, 2.05) is 0 Å². The number of nitrogens with two attached hydrogens (primary N) is 1. The maximum absolute atomic E-state index is 5.22. The molecule has 54 valence electrons. The molecule has 3 N–H and O–H groups in total. The van der Waals surface area contributed by atoms with Crippen molar-refractivity contribution in [3.8, 4) is 0 Å². The fraction of sp³-hybridized carbons (Fsp3) is 1.00. The van der Waals surface area contributed by atoms with Gasteiger partial charge in [-0.2, -0.15) is 0 Å². The van der Waals surface area contributed by atoms with Gasteiger partial charge in [-0.3, -0.25) is 16.2 Å². The Hall–Kier alpha value is -0.120. The fourth-order valence-electron chi connectivity index (χ4n) is 1.04. The first kappa shape index (κ1) is 6.99.